The third-order valence-electron chi connectivity index (χ3n) is 4.23. The van der Waals surface area contributed by atoms with Crippen LogP contribution in [0.5, 0.6) is 0 Å². The van der Waals surface area contributed by atoms with E-state index >= 15 is 0 Å². The molecule has 0 unspecified atom stereocenters. The van der Waals surface area contributed by atoms with Gasteiger partial charge in [0, 0.05) is 24.8 Å². The number of alkyl halides is 3. The molecule has 0 fully saturated rings. The lowest BCUT2D eigenvalue weighted by Gasteiger charge is -2.19. The van der Waals surface area contributed by atoms with Gasteiger partial charge in [0.2, 0.25) is 0 Å². The van der Waals surface area contributed by atoms with Crippen molar-refractivity contribution >= 4 is 23.3 Å². The maximum Gasteiger partial charge on any atom is 0.417 e. The molecule has 1 N–H and O–H groups in total. The second-order valence-electron chi connectivity index (χ2n) is 6.04. The molecule has 0 aliphatic heterocycles. The third-order valence-corrected chi connectivity index (χ3v) is 4.53. The van der Waals surface area contributed by atoms with Crippen LogP contribution in [0.4, 0.5) is 13.2 Å². The molecule has 3 aromatic rings. The van der Waals surface area contributed by atoms with Crippen LogP contribution < -0.4 is 5.56 Å². The summed E-state index contributed by atoms with van der Waals surface area (Å²) in [6.45, 7) is 3.68. The number of hydrogen-bond acceptors (Lipinski definition) is 4. The average Bonchev–Trinajstić information content (AvgIpc) is 2.99. The van der Waals surface area contributed by atoms with E-state index in [9.17, 15) is 18.0 Å². The van der Waals surface area contributed by atoms with E-state index in [-0.39, 0.29) is 22.2 Å². The van der Waals surface area contributed by atoms with E-state index in [2.05, 4.69) is 15.1 Å². The van der Waals surface area contributed by atoms with Gasteiger partial charge in [-0.3, -0.25) is 19.0 Å². The highest BCUT2D eigenvalue weighted by atomic mass is 32.1. The first-order valence-corrected chi connectivity index (χ1v) is 8.30. The SMILES string of the molecule is CC[C@@H](C)n1c(=S)[nH]c(=O)c2c(C(F)(F)F)cc(-c3cnn(C)c3)nc21. The molecular formula is C16H16F3N5OS. The highest BCUT2D eigenvalue weighted by molar-refractivity contribution is 7.71. The molecule has 10 heteroatoms. The van der Waals surface area contributed by atoms with Crippen molar-refractivity contribution in [2.24, 2.45) is 7.05 Å². The maximum absolute atomic E-state index is 13.7. The van der Waals surface area contributed by atoms with Crippen LogP contribution in [-0.2, 0) is 13.2 Å². The molecule has 0 aliphatic carbocycles. The summed E-state index contributed by atoms with van der Waals surface area (Å²) < 4.78 is 44.0. The van der Waals surface area contributed by atoms with Gasteiger partial charge in [0.1, 0.15) is 5.65 Å². The zero-order chi connectivity index (χ0) is 19.2. The monoisotopic (exact) mass is 383 g/mol. The molecule has 0 radical (unpaired) electrons. The lowest BCUT2D eigenvalue weighted by atomic mass is 10.1. The Morgan fingerprint density at radius 3 is 2.62 bits per heavy atom. The molecule has 0 spiro atoms. The number of nitrogens with zero attached hydrogens (tertiary/aromatic N) is 4. The summed E-state index contributed by atoms with van der Waals surface area (Å²) in [6, 6.07) is 0.637. The van der Waals surface area contributed by atoms with Crippen LogP contribution in [0.25, 0.3) is 22.3 Å². The minimum absolute atomic E-state index is 0.0424. The predicted molar refractivity (Wildman–Crippen MR) is 93.4 cm³/mol. The molecule has 3 rings (SSSR count). The van der Waals surface area contributed by atoms with Gasteiger partial charge in [-0.05, 0) is 31.6 Å². The van der Waals surface area contributed by atoms with Crippen LogP contribution in [0.2, 0.25) is 0 Å². The number of aromatic nitrogens is 5. The van der Waals surface area contributed by atoms with Crippen molar-refractivity contribution in [1.29, 1.82) is 0 Å². The van der Waals surface area contributed by atoms with E-state index in [4.69, 9.17) is 12.2 Å². The Labute approximate surface area is 151 Å². The molecular weight excluding hydrogens is 367 g/mol. The Bertz CT molecular complexity index is 1100. The lowest BCUT2D eigenvalue weighted by molar-refractivity contribution is -0.136. The first-order chi connectivity index (χ1) is 12.1. The fourth-order valence-corrected chi connectivity index (χ4v) is 3.12. The number of aromatic amines is 1. The third kappa shape index (κ3) is 3.05. The zero-order valence-corrected chi connectivity index (χ0v) is 15.1. The highest BCUT2D eigenvalue weighted by Gasteiger charge is 2.36. The summed E-state index contributed by atoms with van der Waals surface area (Å²) in [5.74, 6) is 0. The number of hydrogen-bond donors (Lipinski definition) is 1. The van der Waals surface area contributed by atoms with Gasteiger partial charge in [0.25, 0.3) is 5.56 Å². The summed E-state index contributed by atoms with van der Waals surface area (Å²) in [5, 5.41) is 3.46. The topological polar surface area (TPSA) is 68.5 Å². The van der Waals surface area contributed by atoms with Gasteiger partial charge in [-0.15, -0.1) is 0 Å². The molecule has 3 heterocycles. The predicted octanol–water partition coefficient (Wildman–Crippen LogP) is 3.84. The molecule has 0 saturated heterocycles. The van der Waals surface area contributed by atoms with Crippen LogP contribution in [0, 0.1) is 4.77 Å². The van der Waals surface area contributed by atoms with E-state index in [0.717, 1.165) is 6.07 Å². The molecule has 26 heavy (non-hydrogen) atoms. The molecule has 0 aliphatic rings. The normalized spacial score (nSPS) is 13.3. The fraction of sp³-hybridized carbons (Fsp3) is 0.375. The minimum atomic E-state index is -4.72. The van der Waals surface area contributed by atoms with Gasteiger partial charge in [-0.2, -0.15) is 18.3 Å². The zero-order valence-electron chi connectivity index (χ0n) is 14.3. The molecule has 3 aromatic heterocycles. The first kappa shape index (κ1) is 18.3. The number of halogens is 3. The van der Waals surface area contributed by atoms with Crippen LogP contribution >= 0.6 is 12.2 Å². The molecule has 0 bridgehead atoms. The standard InChI is InChI=1S/C16H16F3N5OS/c1-4-8(2)24-13-12(14(25)22-15(24)26)10(16(17,18)19)5-11(21-13)9-6-20-23(3)7-9/h5-8H,4H2,1-3H3,(H,22,25,26)/t8-/m1/s1. The number of fused-ring (bicyclic) bond motifs is 1. The largest absolute Gasteiger partial charge is 0.417 e. The average molecular weight is 383 g/mol. The Kier molecular flexibility index (Phi) is 4.47. The van der Waals surface area contributed by atoms with Gasteiger partial charge >= 0.3 is 6.18 Å². The van der Waals surface area contributed by atoms with Gasteiger partial charge in [-0.1, -0.05) is 6.92 Å². The van der Waals surface area contributed by atoms with Gasteiger partial charge in [0.05, 0.1) is 22.8 Å². The summed E-state index contributed by atoms with van der Waals surface area (Å²) in [4.78, 5) is 19.0. The summed E-state index contributed by atoms with van der Waals surface area (Å²) >= 11 is 5.18. The molecule has 6 nitrogen and oxygen atoms in total. The highest BCUT2D eigenvalue weighted by Crippen LogP contribution is 2.36. The molecule has 0 aromatic carbocycles. The Morgan fingerprint density at radius 1 is 1.38 bits per heavy atom. The number of rotatable bonds is 3. The quantitative estimate of drug-likeness (QED) is 0.698. The molecule has 1 atom stereocenters. The Morgan fingerprint density at radius 2 is 2.08 bits per heavy atom. The van der Waals surface area contributed by atoms with Crippen molar-refractivity contribution in [3.63, 3.8) is 0 Å². The van der Waals surface area contributed by atoms with Crippen molar-refractivity contribution in [2.45, 2.75) is 32.5 Å². The summed E-state index contributed by atoms with van der Waals surface area (Å²) in [7, 11) is 1.65. The van der Waals surface area contributed by atoms with E-state index in [0.29, 0.717) is 12.0 Å². The van der Waals surface area contributed by atoms with Gasteiger partial charge in [-0.25, -0.2) is 4.98 Å². The van der Waals surface area contributed by atoms with E-state index in [1.165, 1.54) is 15.4 Å². The minimum Gasteiger partial charge on any atom is -0.300 e. The number of nitrogens with one attached hydrogen (secondary N) is 1. The smallest absolute Gasteiger partial charge is 0.300 e. The number of aryl methyl sites for hydroxylation is 1. The molecule has 138 valence electrons. The fourth-order valence-electron chi connectivity index (χ4n) is 2.76. The van der Waals surface area contributed by atoms with E-state index in [1.807, 2.05) is 6.92 Å². The molecule has 0 amide bonds. The van der Waals surface area contributed by atoms with Crippen molar-refractivity contribution in [1.82, 2.24) is 24.3 Å². The van der Waals surface area contributed by atoms with Crippen LogP contribution in [0.3, 0.4) is 0 Å². The lowest BCUT2D eigenvalue weighted by Crippen LogP contribution is -2.22. The summed E-state index contributed by atoms with van der Waals surface area (Å²) in [5.41, 5.74) is -1.53. The molecule has 0 saturated carbocycles. The van der Waals surface area contributed by atoms with Crippen molar-refractivity contribution in [3.05, 3.63) is 39.1 Å². The van der Waals surface area contributed by atoms with Crippen molar-refractivity contribution < 1.29 is 13.2 Å². The maximum atomic E-state index is 13.7. The Hall–Kier alpha value is -2.49. The second-order valence-corrected chi connectivity index (χ2v) is 6.43. The van der Waals surface area contributed by atoms with E-state index < -0.39 is 22.7 Å². The Balaban J connectivity index is 2.51. The number of pyridine rings is 1. The number of H-pyrrole nitrogens is 1. The van der Waals surface area contributed by atoms with Gasteiger partial charge in [0.15, 0.2) is 4.77 Å². The summed E-state index contributed by atoms with van der Waals surface area (Å²) in [6.07, 6.45) is -1.13. The first-order valence-electron chi connectivity index (χ1n) is 7.89. The van der Waals surface area contributed by atoms with Crippen molar-refractivity contribution in [3.8, 4) is 11.3 Å². The van der Waals surface area contributed by atoms with E-state index in [1.54, 1.807) is 20.2 Å². The van der Waals surface area contributed by atoms with Gasteiger partial charge < -0.3 is 0 Å². The van der Waals surface area contributed by atoms with Crippen LogP contribution in [0.15, 0.2) is 23.3 Å². The second kappa shape index (κ2) is 6.35. The van der Waals surface area contributed by atoms with Crippen LogP contribution in [0.1, 0.15) is 31.9 Å². The van der Waals surface area contributed by atoms with Crippen molar-refractivity contribution in [2.75, 3.05) is 0 Å². The van der Waals surface area contributed by atoms with Crippen LogP contribution in [-0.4, -0.2) is 24.3 Å².